The molecule has 2 aliphatic rings. The number of hydrogen-bond donors (Lipinski definition) is 4. The summed E-state index contributed by atoms with van der Waals surface area (Å²) in [4.78, 5) is 30.5. The Labute approximate surface area is 189 Å². The van der Waals surface area contributed by atoms with E-state index in [1.54, 1.807) is 37.1 Å². The number of hydrogen-bond acceptors (Lipinski definition) is 8. The largest absolute Gasteiger partial charge is 0.391 e. The van der Waals surface area contributed by atoms with Gasteiger partial charge in [-0.15, -0.1) is 0 Å². The zero-order chi connectivity index (χ0) is 23.1. The minimum Gasteiger partial charge on any atom is -0.391 e. The van der Waals surface area contributed by atoms with Gasteiger partial charge in [0.05, 0.1) is 30.5 Å². The van der Waals surface area contributed by atoms with Crippen LogP contribution >= 0.6 is 0 Å². The first-order valence-corrected chi connectivity index (χ1v) is 11.1. The molecule has 4 atom stereocenters. The second-order valence-electron chi connectivity index (χ2n) is 8.47. The molecule has 5 rings (SSSR count). The Bertz CT molecular complexity index is 1250. The molecule has 4 N–H and O–H groups in total. The van der Waals surface area contributed by atoms with Crippen LogP contribution in [0, 0.1) is 0 Å². The summed E-state index contributed by atoms with van der Waals surface area (Å²) in [6.07, 6.45) is 5.96. The Balaban J connectivity index is 1.46. The molecule has 1 amide bonds. The standard InChI is InChI=1S/C22H27N7O4/c1-23-19-10-18(25-14-4-3-9-28(22(14)32)15-6-8-17(15)33-2)27-20-12(11-24-29(19)20)21(31)26-13-5-7-16(13)30/h3-4,9-11,13,15-17,23,30H,5-8H2,1-2H3,(H,25,27)(H,26,31)/t13?,15-,16-,17-/m1/s1. The lowest BCUT2D eigenvalue weighted by Crippen LogP contribution is -2.50. The average molecular weight is 454 g/mol. The van der Waals surface area contributed by atoms with Crippen LogP contribution in [0.15, 0.2) is 35.4 Å². The first kappa shape index (κ1) is 21.4. The monoisotopic (exact) mass is 453 g/mol. The van der Waals surface area contributed by atoms with E-state index in [4.69, 9.17) is 4.74 Å². The molecule has 11 heteroatoms. The SMILES string of the molecule is CNc1cc(Nc2cccn([C@@H]3CC[C@H]3OC)c2=O)nc2c(C(=O)NC3CC[C@H]3O)cnn12. The van der Waals surface area contributed by atoms with Gasteiger partial charge in [0.1, 0.15) is 22.9 Å². The van der Waals surface area contributed by atoms with Crippen molar-refractivity contribution >= 4 is 28.9 Å². The highest BCUT2D eigenvalue weighted by Gasteiger charge is 2.33. The van der Waals surface area contributed by atoms with Crippen LogP contribution in [0.1, 0.15) is 42.1 Å². The van der Waals surface area contributed by atoms with Crippen LogP contribution in [0.25, 0.3) is 5.65 Å². The molecule has 33 heavy (non-hydrogen) atoms. The van der Waals surface area contributed by atoms with E-state index in [1.807, 2.05) is 6.07 Å². The topological polar surface area (TPSA) is 135 Å². The summed E-state index contributed by atoms with van der Waals surface area (Å²) in [6, 6.07) is 4.98. The number of aliphatic hydroxyl groups is 1. The van der Waals surface area contributed by atoms with Gasteiger partial charge in [-0.3, -0.25) is 9.59 Å². The van der Waals surface area contributed by atoms with E-state index in [9.17, 15) is 14.7 Å². The third kappa shape index (κ3) is 3.72. The number of aliphatic hydroxyl groups excluding tert-OH is 1. The minimum absolute atomic E-state index is 0.0135. The molecule has 0 radical (unpaired) electrons. The van der Waals surface area contributed by atoms with Crippen molar-refractivity contribution in [3.63, 3.8) is 0 Å². The molecule has 0 saturated heterocycles. The number of ether oxygens (including phenoxy) is 1. The highest BCUT2D eigenvalue weighted by molar-refractivity contribution is 6.00. The molecule has 0 spiro atoms. The minimum atomic E-state index is -0.525. The van der Waals surface area contributed by atoms with Crippen LogP contribution in [-0.2, 0) is 4.74 Å². The van der Waals surface area contributed by atoms with Crippen LogP contribution in [-0.4, -0.2) is 62.6 Å². The van der Waals surface area contributed by atoms with Gasteiger partial charge < -0.3 is 30.4 Å². The fourth-order valence-electron chi connectivity index (χ4n) is 4.31. The third-order valence-electron chi connectivity index (χ3n) is 6.60. The molecular weight excluding hydrogens is 426 g/mol. The summed E-state index contributed by atoms with van der Waals surface area (Å²) in [7, 11) is 3.40. The van der Waals surface area contributed by atoms with E-state index in [0.717, 1.165) is 19.3 Å². The maximum absolute atomic E-state index is 13.1. The number of carbonyl (C=O) groups is 1. The highest BCUT2D eigenvalue weighted by Crippen LogP contribution is 2.33. The van der Waals surface area contributed by atoms with Crippen LogP contribution in [0.5, 0.6) is 0 Å². The molecule has 1 unspecified atom stereocenters. The van der Waals surface area contributed by atoms with Crippen LogP contribution in [0.4, 0.5) is 17.3 Å². The smallest absolute Gasteiger partial charge is 0.274 e. The summed E-state index contributed by atoms with van der Waals surface area (Å²) < 4.78 is 8.67. The fraction of sp³-hybridized carbons (Fsp3) is 0.455. The van der Waals surface area contributed by atoms with Gasteiger partial charge in [0.2, 0.25) is 0 Å². The van der Waals surface area contributed by atoms with Crippen LogP contribution in [0.3, 0.4) is 0 Å². The zero-order valence-electron chi connectivity index (χ0n) is 18.5. The summed E-state index contributed by atoms with van der Waals surface area (Å²) in [6.45, 7) is 0. The van der Waals surface area contributed by atoms with Gasteiger partial charge in [-0.2, -0.15) is 9.61 Å². The third-order valence-corrected chi connectivity index (χ3v) is 6.60. The highest BCUT2D eigenvalue weighted by atomic mass is 16.5. The number of carbonyl (C=O) groups excluding carboxylic acids is 1. The van der Waals surface area contributed by atoms with E-state index in [2.05, 4.69) is 26.0 Å². The van der Waals surface area contributed by atoms with Crippen molar-refractivity contribution in [2.45, 2.75) is 50.0 Å². The number of nitrogens with one attached hydrogen (secondary N) is 3. The number of amides is 1. The van der Waals surface area contributed by atoms with Gasteiger partial charge in [-0.1, -0.05) is 0 Å². The van der Waals surface area contributed by atoms with Crippen molar-refractivity contribution in [2.24, 2.45) is 0 Å². The summed E-state index contributed by atoms with van der Waals surface area (Å²) in [5.41, 5.74) is 0.839. The second-order valence-corrected chi connectivity index (χ2v) is 8.47. The molecule has 3 aromatic heterocycles. The van der Waals surface area contributed by atoms with Gasteiger partial charge in [0, 0.05) is 26.4 Å². The van der Waals surface area contributed by atoms with Crippen molar-refractivity contribution < 1.29 is 14.6 Å². The van der Waals surface area contributed by atoms with Gasteiger partial charge in [-0.05, 0) is 37.8 Å². The molecular formula is C22H27N7O4. The number of rotatable bonds is 7. The molecule has 2 aliphatic carbocycles. The molecule has 11 nitrogen and oxygen atoms in total. The first-order chi connectivity index (χ1) is 16.0. The lowest BCUT2D eigenvalue weighted by atomic mass is 9.88. The maximum atomic E-state index is 13.1. The van der Waals surface area contributed by atoms with E-state index in [-0.39, 0.29) is 35.2 Å². The Hall–Kier alpha value is -3.44. The van der Waals surface area contributed by atoms with E-state index in [1.165, 1.54) is 10.7 Å². The van der Waals surface area contributed by atoms with Gasteiger partial charge in [0.15, 0.2) is 5.65 Å². The lowest BCUT2D eigenvalue weighted by Gasteiger charge is -2.36. The van der Waals surface area contributed by atoms with E-state index >= 15 is 0 Å². The van der Waals surface area contributed by atoms with Crippen LogP contribution < -0.4 is 21.5 Å². The summed E-state index contributed by atoms with van der Waals surface area (Å²) in [5.74, 6) is 0.648. The predicted molar refractivity (Wildman–Crippen MR) is 122 cm³/mol. The second kappa shape index (κ2) is 8.49. The Morgan fingerprint density at radius 2 is 2.12 bits per heavy atom. The number of aromatic nitrogens is 4. The Morgan fingerprint density at radius 1 is 1.27 bits per heavy atom. The maximum Gasteiger partial charge on any atom is 0.274 e. The predicted octanol–water partition coefficient (Wildman–Crippen LogP) is 1.28. The van der Waals surface area contributed by atoms with E-state index < -0.39 is 6.10 Å². The van der Waals surface area contributed by atoms with Gasteiger partial charge in [0.25, 0.3) is 11.5 Å². The number of anilines is 3. The lowest BCUT2D eigenvalue weighted by molar-refractivity contribution is -0.0103. The molecule has 3 aromatic rings. The van der Waals surface area contributed by atoms with Crippen molar-refractivity contribution in [1.82, 2.24) is 24.5 Å². The Kier molecular flexibility index (Phi) is 5.51. The molecule has 2 fully saturated rings. The van der Waals surface area contributed by atoms with Gasteiger partial charge >= 0.3 is 0 Å². The van der Waals surface area contributed by atoms with Crippen molar-refractivity contribution in [1.29, 1.82) is 0 Å². The van der Waals surface area contributed by atoms with Crippen molar-refractivity contribution in [3.8, 4) is 0 Å². The molecule has 0 aliphatic heterocycles. The zero-order valence-corrected chi connectivity index (χ0v) is 18.5. The normalized spacial score (nSPS) is 24.1. The number of fused-ring (bicyclic) bond motifs is 1. The molecule has 0 bridgehead atoms. The molecule has 2 saturated carbocycles. The molecule has 3 heterocycles. The average Bonchev–Trinajstić information content (AvgIpc) is 3.22. The quantitative estimate of drug-likeness (QED) is 0.420. The van der Waals surface area contributed by atoms with Gasteiger partial charge in [-0.25, -0.2) is 4.98 Å². The molecule has 174 valence electrons. The number of methoxy groups -OCH3 is 1. The first-order valence-electron chi connectivity index (χ1n) is 11.1. The van der Waals surface area contributed by atoms with E-state index in [0.29, 0.717) is 29.4 Å². The van der Waals surface area contributed by atoms with Crippen LogP contribution in [0.2, 0.25) is 0 Å². The summed E-state index contributed by atoms with van der Waals surface area (Å²) >= 11 is 0. The van der Waals surface area contributed by atoms with Crippen molar-refractivity contribution in [2.75, 3.05) is 24.8 Å². The summed E-state index contributed by atoms with van der Waals surface area (Å²) in [5, 5.41) is 23.0. The number of pyridine rings is 1. The number of nitrogens with zero attached hydrogens (tertiary/aromatic N) is 4. The molecule has 0 aromatic carbocycles. The Morgan fingerprint density at radius 3 is 2.76 bits per heavy atom. The van der Waals surface area contributed by atoms with Crippen molar-refractivity contribution in [3.05, 3.63) is 46.5 Å². The fourth-order valence-corrected chi connectivity index (χ4v) is 4.31.